The fourth-order valence-corrected chi connectivity index (χ4v) is 2.55. The normalized spacial score (nSPS) is 10.2. The molecule has 0 aliphatic carbocycles. The molecule has 7 nitrogen and oxygen atoms in total. The monoisotopic (exact) mass is 393 g/mol. The molecule has 3 rings (SSSR count). The average molecular weight is 393 g/mol. The fourth-order valence-electron chi connectivity index (χ4n) is 2.55. The zero-order valence-electron chi connectivity index (χ0n) is 16.1. The number of carbonyl (C=O) groups is 2. The lowest BCUT2D eigenvalue weighted by Gasteiger charge is -2.10. The van der Waals surface area contributed by atoms with Crippen molar-refractivity contribution in [2.75, 3.05) is 29.1 Å². The molecule has 150 valence electrons. The minimum absolute atomic E-state index is 0.109. The zero-order valence-corrected chi connectivity index (χ0v) is 16.1. The zero-order chi connectivity index (χ0) is 20.5. The van der Waals surface area contributed by atoms with Crippen LogP contribution in [0.1, 0.15) is 23.9 Å². The summed E-state index contributed by atoms with van der Waals surface area (Å²) in [4.78, 5) is 24.3. The first kappa shape index (κ1) is 20.0. The molecule has 0 aliphatic heterocycles. The molecule has 29 heavy (non-hydrogen) atoms. The second-order valence-corrected chi connectivity index (χ2v) is 6.29. The lowest BCUT2D eigenvalue weighted by molar-refractivity contribution is -0.114. The van der Waals surface area contributed by atoms with E-state index in [1.807, 2.05) is 24.3 Å². The molecule has 2 aromatic carbocycles. The van der Waals surface area contributed by atoms with E-state index in [0.717, 1.165) is 17.9 Å². The summed E-state index contributed by atoms with van der Waals surface area (Å²) in [6.45, 7) is 2.84. The number of furan rings is 1. The van der Waals surface area contributed by atoms with Crippen LogP contribution in [0.2, 0.25) is 0 Å². The van der Waals surface area contributed by atoms with Crippen LogP contribution in [0.3, 0.4) is 0 Å². The number of carbonyl (C=O) groups excluding carboxylic acids is 2. The SMILES string of the molecule is CCCOc1ccc(NCC(=O)Nc2cccc(NC(=O)c3ccco3)c2)cc1. The Morgan fingerprint density at radius 2 is 1.69 bits per heavy atom. The third-order valence-corrected chi connectivity index (χ3v) is 3.93. The van der Waals surface area contributed by atoms with Crippen LogP contribution in [0.5, 0.6) is 5.75 Å². The molecule has 0 unspecified atom stereocenters. The molecule has 2 amide bonds. The number of benzene rings is 2. The minimum Gasteiger partial charge on any atom is -0.494 e. The number of ether oxygens (including phenoxy) is 1. The Hall–Kier alpha value is -3.74. The third kappa shape index (κ3) is 6.14. The number of amides is 2. The number of hydrogen-bond acceptors (Lipinski definition) is 5. The van der Waals surface area contributed by atoms with E-state index in [1.165, 1.54) is 6.26 Å². The highest BCUT2D eigenvalue weighted by molar-refractivity contribution is 6.02. The quantitative estimate of drug-likeness (QED) is 0.502. The first-order valence-corrected chi connectivity index (χ1v) is 9.35. The van der Waals surface area contributed by atoms with Crippen molar-refractivity contribution in [3.8, 4) is 5.75 Å². The minimum atomic E-state index is -0.355. The maximum atomic E-state index is 12.2. The number of rotatable bonds is 9. The smallest absolute Gasteiger partial charge is 0.291 e. The molecular weight excluding hydrogens is 370 g/mol. The number of hydrogen-bond donors (Lipinski definition) is 3. The summed E-state index contributed by atoms with van der Waals surface area (Å²) in [7, 11) is 0. The van der Waals surface area contributed by atoms with Gasteiger partial charge in [-0.25, -0.2) is 0 Å². The van der Waals surface area contributed by atoms with Gasteiger partial charge in [-0.2, -0.15) is 0 Å². The van der Waals surface area contributed by atoms with Gasteiger partial charge in [0.2, 0.25) is 5.91 Å². The highest BCUT2D eigenvalue weighted by atomic mass is 16.5. The Labute approximate surface area is 169 Å². The molecule has 0 fully saturated rings. The van der Waals surface area contributed by atoms with Crippen LogP contribution in [0.4, 0.5) is 17.1 Å². The van der Waals surface area contributed by atoms with Gasteiger partial charge in [0.25, 0.3) is 5.91 Å². The number of nitrogens with one attached hydrogen (secondary N) is 3. The van der Waals surface area contributed by atoms with Gasteiger partial charge in [0.05, 0.1) is 19.4 Å². The Kier molecular flexibility index (Phi) is 6.89. The van der Waals surface area contributed by atoms with Gasteiger partial charge in [-0.15, -0.1) is 0 Å². The van der Waals surface area contributed by atoms with E-state index in [2.05, 4.69) is 22.9 Å². The van der Waals surface area contributed by atoms with E-state index >= 15 is 0 Å². The molecule has 0 saturated heterocycles. The van der Waals surface area contributed by atoms with Crippen molar-refractivity contribution in [3.05, 3.63) is 72.7 Å². The van der Waals surface area contributed by atoms with Gasteiger partial charge in [-0.05, 0) is 61.0 Å². The molecule has 3 aromatic rings. The summed E-state index contributed by atoms with van der Waals surface area (Å²) < 4.78 is 10.6. The Balaban J connectivity index is 1.49. The van der Waals surface area contributed by atoms with Gasteiger partial charge in [-0.1, -0.05) is 13.0 Å². The molecule has 0 aliphatic rings. The summed E-state index contributed by atoms with van der Waals surface area (Å²) in [5.41, 5.74) is 1.96. The predicted octanol–water partition coefficient (Wildman–Crippen LogP) is 4.37. The van der Waals surface area contributed by atoms with Gasteiger partial charge >= 0.3 is 0 Å². The first-order valence-electron chi connectivity index (χ1n) is 9.35. The Morgan fingerprint density at radius 1 is 0.931 bits per heavy atom. The van der Waals surface area contributed by atoms with Crippen LogP contribution < -0.4 is 20.7 Å². The van der Waals surface area contributed by atoms with E-state index in [1.54, 1.807) is 36.4 Å². The second-order valence-electron chi connectivity index (χ2n) is 6.29. The van der Waals surface area contributed by atoms with Crippen LogP contribution in [-0.4, -0.2) is 25.0 Å². The van der Waals surface area contributed by atoms with Crippen molar-refractivity contribution in [2.24, 2.45) is 0 Å². The highest BCUT2D eigenvalue weighted by Gasteiger charge is 2.09. The predicted molar refractivity (Wildman–Crippen MR) is 112 cm³/mol. The van der Waals surface area contributed by atoms with Crippen LogP contribution >= 0.6 is 0 Å². The molecule has 7 heteroatoms. The fraction of sp³-hybridized carbons (Fsp3) is 0.182. The summed E-state index contributed by atoms with van der Waals surface area (Å²) in [6, 6.07) is 17.6. The van der Waals surface area contributed by atoms with E-state index in [-0.39, 0.29) is 24.1 Å². The van der Waals surface area contributed by atoms with E-state index in [9.17, 15) is 9.59 Å². The molecule has 0 bridgehead atoms. The molecule has 1 aromatic heterocycles. The Bertz CT molecular complexity index is 937. The molecular formula is C22H23N3O4. The Morgan fingerprint density at radius 3 is 2.38 bits per heavy atom. The van der Waals surface area contributed by atoms with Crippen LogP contribution in [0, 0.1) is 0 Å². The lowest BCUT2D eigenvalue weighted by Crippen LogP contribution is -2.21. The van der Waals surface area contributed by atoms with Crippen LogP contribution in [-0.2, 0) is 4.79 Å². The largest absolute Gasteiger partial charge is 0.494 e. The number of anilines is 3. The van der Waals surface area contributed by atoms with Crippen molar-refractivity contribution < 1.29 is 18.7 Å². The second kappa shape index (κ2) is 9.98. The van der Waals surface area contributed by atoms with Crippen LogP contribution in [0.25, 0.3) is 0 Å². The van der Waals surface area contributed by atoms with Crippen molar-refractivity contribution in [3.63, 3.8) is 0 Å². The summed E-state index contributed by atoms with van der Waals surface area (Å²) >= 11 is 0. The maximum absolute atomic E-state index is 12.2. The van der Waals surface area contributed by atoms with Crippen molar-refractivity contribution in [1.82, 2.24) is 0 Å². The van der Waals surface area contributed by atoms with E-state index in [0.29, 0.717) is 18.0 Å². The van der Waals surface area contributed by atoms with Gasteiger partial charge in [-0.3, -0.25) is 9.59 Å². The molecule has 1 heterocycles. The van der Waals surface area contributed by atoms with Gasteiger partial charge in [0.1, 0.15) is 5.75 Å². The molecule has 0 atom stereocenters. The lowest BCUT2D eigenvalue weighted by atomic mass is 10.2. The van der Waals surface area contributed by atoms with Gasteiger partial charge < -0.3 is 25.1 Å². The van der Waals surface area contributed by atoms with Gasteiger partial charge in [0, 0.05) is 17.1 Å². The summed E-state index contributed by atoms with van der Waals surface area (Å²) in [5.74, 6) is 0.461. The van der Waals surface area contributed by atoms with E-state index in [4.69, 9.17) is 9.15 Å². The van der Waals surface area contributed by atoms with Crippen molar-refractivity contribution in [2.45, 2.75) is 13.3 Å². The maximum Gasteiger partial charge on any atom is 0.291 e. The van der Waals surface area contributed by atoms with Crippen molar-refractivity contribution in [1.29, 1.82) is 0 Å². The molecule has 0 saturated carbocycles. The van der Waals surface area contributed by atoms with Crippen molar-refractivity contribution >= 4 is 28.9 Å². The summed E-state index contributed by atoms with van der Waals surface area (Å²) in [5, 5.41) is 8.59. The molecule has 3 N–H and O–H groups in total. The standard InChI is InChI=1S/C22H23N3O4/c1-2-12-28-19-10-8-16(9-11-19)23-15-21(26)24-17-5-3-6-18(14-17)25-22(27)20-7-4-13-29-20/h3-11,13-14,23H,2,12,15H2,1H3,(H,24,26)(H,25,27). The molecule has 0 radical (unpaired) electrons. The van der Waals surface area contributed by atoms with Crippen LogP contribution in [0.15, 0.2) is 71.3 Å². The molecule has 0 spiro atoms. The van der Waals surface area contributed by atoms with Gasteiger partial charge in [0.15, 0.2) is 5.76 Å². The van der Waals surface area contributed by atoms with E-state index < -0.39 is 0 Å². The summed E-state index contributed by atoms with van der Waals surface area (Å²) in [6.07, 6.45) is 2.39. The highest BCUT2D eigenvalue weighted by Crippen LogP contribution is 2.17. The first-order chi connectivity index (χ1) is 14.1. The topological polar surface area (TPSA) is 92.6 Å². The average Bonchev–Trinajstić information content (AvgIpc) is 3.27. The third-order valence-electron chi connectivity index (χ3n) is 3.93.